The number of aliphatic imine (C=N–C) groups is 2. The minimum Gasteiger partial charge on any atom is -0.482 e. The number of nitrogens with zero attached hydrogens (tertiary/aromatic N) is 4. The number of rotatable bonds is 7. The van der Waals surface area contributed by atoms with E-state index in [1.165, 1.54) is 6.34 Å². The first-order chi connectivity index (χ1) is 11.6. The van der Waals surface area contributed by atoms with Crippen LogP contribution in [0.2, 0.25) is 0 Å². The van der Waals surface area contributed by atoms with Crippen molar-refractivity contribution in [2.75, 3.05) is 13.7 Å². The molecule has 3 N–H and O–H groups in total. The van der Waals surface area contributed by atoms with Crippen LogP contribution in [0.3, 0.4) is 0 Å². The second-order valence-electron chi connectivity index (χ2n) is 5.18. The highest BCUT2D eigenvalue weighted by atomic mass is 16.5. The molecule has 7 heteroatoms. The van der Waals surface area contributed by atoms with Gasteiger partial charge in [0.05, 0.1) is 12.4 Å². The van der Waals surface area contributed by atoms with E-state index in [-0.39, 0.29) is 6.61 Å². The molecule has 0 unspecified atom stereocenters. The molecule has 2 aromatic rings. The molecule has 0 aliphatic rings. The molecule has 0 fully saturated rings. The summed E-state index contributed by atoms with van der Waals surface area (Å²) < 4.78 is 5.46. The van der Waals surface area contributed by atoms with Crippen LogP contribution in [-0.4, -0.2) is 41.5 Å². The van der Waals surface area contributed by atoms with Crippen molar-refractivity contribution in [3.8, 4) is 17.1 Å². The fourth-order valence-electron chi connectivity index (χ4n) is 1.99. The van der Waals surface area contributed by atoms with E-state index in [1.54, 1.807) is 26.4 Å². The molecule has 0 bridgehead atoms. The molecule has 0 amide bonds. The van der Waals surface area contributed by atoms with Gasteiger partial charge in [-0.3, -0.25) is 4.99 Å². The van der Waals surface area contributed by atoms with Gasteiger partial charge in [-0.2, -0.15) is 0 Å². The summed E-state index contributed by atoms with van der Waals surface area (Å²) in [4.78, 5) is 16.2. The van der Waals surface area contributed by atoms with Crippen LogP contribution in [0.5, 0.6) is 5.75 Å². The number of hydrogen-bond donors (Lipinski definition) is 2. The van der Waals surface area contributed by atoms with E-state index >= 15 is 0 Å². The van der Waals surface area contributed by atoms with Gasteiger partial charge >= 0.3 is 0 Å². The zero-order valence-electron chi connectivity index (χ0n) is 13.7. The first-order valence-electron chi connectivity index (χ1n) is 7.39. The highest BCUT2D eigenvalue weighted by molar-refractivity contribution is 5.88. The Kier molecular flexibility index (Phi) is 6.13. The smallest absolute Gasteiger partial charge is 0.159 e. The summed E-state index contributed by atoms with van der Waals surface area (Å²) in [6, 6.07) is 7.85. The Balaban J connectivity index is 2.05. The Labute approximate surface area is 140 Å². The molecule has 0 saturated heterocycles. The van der Waals surface area contributed by atoms with Gasteiger partial charge in [-0.15, -0.1) is 0 Å². The Morgan fingerprint density at radius 3 is 2.75 bits per heavy atom. The van der Waals surface area contributed by atoms with E-state index in [1.807, 2.05) is 24.3 Å². The third-order valence-electron chi connectivity index (χ3n) is 3.01. The minimum atomic E-state index is 0.142. The van der Waals surface area contributed by atoms with E-state index < -0.39 is 0 Å². The molecule has 0 aliphatic carbocycles. The van der Waals surface area contributed by atoms with Gasteiger partial charge in [0.1, 0.15) is 18.8 Å². The molecule has 0 spiro atoms. The Hall–Kier alpha value is -3.09. The molecule has 7 nitrogen and oxygen atoms in total. The normalized spacial score (nSPS) is 11.7. The number of nitrogens with two attached hydrogens (primary N) is 1. The largest absolute Gasteiger partial charge is 0.482 e. The van der Waals surface area contributed by atoms with Gasteiger partial charge in [-0.25, -0.2) is 15.0 Å². The van der Waals surface area contributed by atoms with Crippen molar-refractivity contribution in [3.05, 3.63) is 42.2 Å². The Morgan fingerprint density at radius 2 is 2.08 bits per heavy atom. The van der Waals surface area contributed by atoms with Crippen LogP contribution in [0.4, 0.5) is 0 Å². The molecule has 1 aromatic heterocycles. The zero-order valence-corrected chi connectivity index (χ0v) is 13.7. The van der Waals surface area contributed by atoms with Gasteiger partial charge in [-0.05, 0) is 18.6 Å². The summed E-state index contributed by atoms with van der Waals surface area (Å²) in [6.07, 6.45) is 5.17. The van der Waals surface area contributed by atoms with Crippen LogP contribution in [0.25, 0.3) is 11.4 Å². The molecule has 124 valence electrons. The van der Waals surface area contributed by atoms with Crippen LogP contribution < -0.4 is 10.5 Å². The third-order valence-corrected chi connectivity index (χ3v) is 3.01. The van der Waals surface area contributed by atoms with E-state index in [9.17, 15) is 0 Å². The van der Waals surface area contributed by atoms with Crippen molar-refractivity contribution in [2.24, 2.45) is 15.7 Å². The molecule has 0 aliphatic heterocycles. The van der Waals surface area contributed by atoms with Gasteiger partial charge < -0.3 is 15.9 Å². The fourth-order valence-corrected chi connectivity index (χ4v) is 1.99. The fraction of sp³-hybridized carbons (Fsp3) is 0.235. The van der Waals surface area contributed by atoms with Crippen LogP contribution in [0.1, 0.15) is 12.5 Å². The first kappa shape index (κ1) is 17.3. The molecule has 2 rings (SSSR count). The van der Waals surface area contributed by atoms with Crippen molar-refractivity contribution < 1.29 is 4.74 Å². The van der Waals surface area contributed by atoms with E-state index in [0.717, 1.165) is 11.1 Å². The lowest BCUT2D eigenvalue weighted by atomic mass is 10.1. The van der Waals surface area contributed by atoms with E-state index in [4.69, 9.17) is 15.9 Å². The number of benzene rings is 1. The van der Waals surface area contributed by atoms with Crippen LogP contribution in [-0.2, 0) is 6.42 Å². The number of ether oxygens (including phenoxy) is 1. The Morgan fingerprint density at radius 1 is 1.33 bits per heavy atom. The van der Waals surface area contributed by atoms with Crippen molar-refractivity contribution in [1.29, 1.82) is 5.41 Å². The summed E-state index contributed by atoms with van der Waals surface area (Å²) in [7, 11) is 1.61. The van der Waals surface area contributed by atoms with Crippen molar-refractivity contribution in [1.82, 2.24) is 9.97 Å². The highest BCUT2D eigenvalue weighted by Gasteiger charge is 2.04. The van der Waals surface area contributed by atoms with Crippen LogP contribution in [0, 0.1) is 5.41 Å². The second kappa shape index (κ2) is 8.52. The zero-order chi connectivity index (χ0) is 17.4. The molecular weight excluding hydrogens is 304 g/mol. The molecule has 24 heavy (non-hydrogen) atoms. The molecule has 0 radical (unpaired) electrons. The topological polar surface area (TPSA) is 110 Å². The van der Waals surface area contributed by atoms with Crippen LogP contribution >= 0.6 is 0 Å². The van der Waals surface area contributed by atoms with Gasteiger partial charge in [0.15, 0.2) is 11.6 Å². The predicted molar refractivity (Wildman–Crippen MR) is 96.1 cm³/mol. The second-order valence-corrected chi connectivity index (χ2v) is 5.18. The molecular formula is C17H20N6O. The minimum absolute atomic E-state index is 0.142. The molecule has 1 heterocycles. The van der Waals surface area contributed by atoms with Crippen molar-refractivity contribution >= 4 is 17.9 Å². The average Bonchev–Trinajstić information content (AvgIpc) is 2.58. The van der Waals surface area contributed by atoms with Crippen molar-refractivity contribution in [3.63, 3.8) is 0 Å². The molecule has 0 saturated carbocycles. The SMILES string of the molecule is CN=CN=C(N)COc1cnc(-c2cccc(CC(C)=N)c2)nc1. The summed E-state index contributed by atoms with van der Waals surface area (Å²) in [5, 5.41) is 7.58. The van der Waals surface area contributed by atoms with Gasteiger partial charge in [0.25, 0.3) is 0 Å². The van der Waals surface area contributed by atoms with E-state index in [2.05, 4.69) is 20.0 Å². The lowest BCUT2D eigenvalue weighted by Gasteiger charge is -2.06. The van der Waals surface area contributed by atoms with Crippen LogP contribution in [0.15, 0.2) is 46.6 Å². The monoisotopic (exact) mass is 324 g/mol. The maximum Gasteiger partial charge on any atom is 0.159 e. The summed E-state index contributed by atoms with van der Waals surface area (Å²) in [5.41, 5.74) is 8.24. The summed E-state index contributed by atoms with van der Waals surface area (Å²) in [6.45, 7) is 1.93. The lowest BCUT2D eigenvalue weighted by Crippen LogP contribution is -2.21. The predicted octanol–water partition coefficient (Wildman–Crippen LogP) is 2.12. The summed E-state index contributed by atoms with van der Waals surface area (Å²) >= 11 is 0. The standard InChI is InChI=1S/C17H20N6O/c1-12(18)6-13-4-3-5-14(7-13)17-21-8-15(9-22-17)24-10-16(19)23-11-20-2/h3-5,7-9,11,18H,6,10H2,1-2H3,(H2,19,20,23). The summed E-state index contributed by atoms with van der Waals surface area (Å²) in [5.74, 6) is 1.43. The Bertz CT molecular complexity index is 752. The number of aromatic nitrogens is 2. The molecule has 0 atom stereocenters. The van der Waals surface area contributed by atoms with Crippen molar-refractivity contribution in [2.45, 2.75) is 13.3 Å². The quantitative estimate of drug-likeness (QED) is 0.600. The number of hydrogen-bond acceptors (Lipinski definition) is 5. The van der Waals surface area contributed by atoms with Gasteiger partial charge in [0.2, 0.25) is 0 Å². The molecule has 1 aromatic carbocycles. The van der Waals surface area contributed by atoms with Gasteiger partial charge in [0, 0.05) is 24.7 Å². The lowest BCUT2D eigenvalue weighted by molar-refractivity contribution is 0.372. The number of nitrogens with one attached hydrogen (secondary N) is 1. The first-order valence-corrected chi connectivity index (χ1v) is 7.39. The average molecular weight is 324 g/mol. The third kappa shape index (κ3) is 5.28. The maximum atomic E-state index is 7.58. The highest BCUT2D eigenvalue weighted by Crippen LogP contribution is 2.18. The maximum absolute atomic E-state index is 7.58. The van der Waals surface area contributed by atoms with Gasteiger partial charge in [-0.1, -0.05) is 18.2 Å². The number of amidine groups is 1. The van der Waals surface area contributed by atoms with E-state index in [0.29, 0.717) is 29.5 Å².